The van der Waals surface area contributed by atoms with Crippen molar-refractivity contribution in [3.63, 3.8) is 0 Å². The van der Waals surface area contributed by atoms with Gasteiger partial charge in [0.1, 0.15) is 30.2 Å². The Kier molecular flexibility index (Phi) is 34.7. The molecule has 0 aromatic carbocycles. The first-order valence-electron chi connectivity index (χ1n) is 20.4. The molecule has 24 nitrogen and oxygen atoms in total. The van der Waals surface area contributed by atoms with E-state index in [1.807, 2.05) is 0 Å². The number of phosphoric ester groups is 3. The molecular weight excluding hydrogens is 943 g/mol. The number of carbonyl (C=O) groups is 1. The maximum absolute atomic E-state index is 12.7. The van der Waals surface area contributed by atoms with E-state index in [-0.39, 0.29) is 117 Å². The Bertz CT molecular complexity index is 1980. The number of ether oxygens (including phenoxy) is 1. The van der Waals surface area contributed by atoms with Gasteiger partial charge < -0.3 is 69.5 Å². The van der Waals surface area contributed by atoms with Crippen LogP contribution in [0.15, 0.2) is 22.6 Å². The number of aliphatic hydroxyl groups excluding tert-OH is 2. The Hall–Kier alpha value is -0.0504. The predicted molar refractivity (Wildman–Crippen MR) is 222 cm³/mol. The number of hydrogen-bond donors (Lipinski definition) is 5. The molecule has 0 spiro atoms. The number of hydrogen-bond acceptors (Lipinski definition) is 22. The maximum atomic E-state index is 12.7. The van der Waals surface area contributed by atoms with E-state index in [1.54, 1.807) is 0 Å². The summed E-state index contributed by atoms with van der Waals surface area (Å²) in [7, 11) is -17.0. The molecule has 0 radical (unpaired) electrons. The second-order valence-electron chi connectivity index (χ2n) is 15.4. The predicted octanol–water partition coefficient (Wildman–Crippen LogP) is -10.6. The van der Waals surface area contributed by atoms with Crippen molar-refractivity contribution >= 4 is 69.1 Å². The fourth-order valence-corrected chi connectivity index (χ4v) is 9.70. The SMILES string of the molecule is CCCCCCCCCCCCCC(=O)SCCN=C([O-])CCN=C([O-])[C@H](O)C(C)(C)COP(=O)(O)OP(=O)(O)OC[C@H]1O[C@@H](n2cnc3c(N)ncnc32)[C@H](O)[C@@H]1OP(=O)([O-])[O-].[Li+].[Li+].[Li+].[Li+]. The number of carbonyl (C=O) groups excluding carboxylic acids is 1. The van der Waals surface area contributed by atoms with Crippen molar-refractivity contribution in [2.75, 3.05) is 37.8 Å². The molecule has 360 valence electrons. The van der Waals surface area contributed by atoms with Crippen molar-refractivity contribution in [2.45, 2.75) is 135 Å². The number of rotatable bonds is 31. The van der Waals surface area contributed by atoms with Crippen molar-refractivity contribution in [3.8, 4) is 0 Å². The number of thioether (sulfide) groups is 1. The van der Waals surface area contributed by atoms with E-state index in [9.17, 15) is 58.5 Å². The Morgan fingerprint density at radius 3 is 2.09 bits per heavy atom. The smallest absolute Gasteiger partial charge is 0.862 e. The molecule has 2 unspecified atom stereocenters. The monoisotopic (exact) mass is 1000 g/mol. The summed E-state index contributed by atoms with van der Waals surface area (Å²) < 4.78 is 61.6. The van der Waals surface area contributed by atoms with Crippen LogP contribution in [-0.4, -0.2) is 113 Å². The van der Waals surface area contributed by atoms with E-state index < -0.39 is 84.5 Å². The van der Waals surface area contributed by atoms with E-state index in [2.05, 4.69) is 40.7 Å². The minimum atomic E-state index is -5.83. The minimum Gasteiger partial charge on any atom is -0.862 e. The molecule has 3 rings (SSSR count). The number of aromatic nitrogens is 4. The number of aliphatic hydroxyl groups is 2. The molecule has 1 aliphatic heterocycles. The van der Waals surface area contributed by atoms with Gasteiger partial charge in [0.15, 0.2) is 22.8 Å². The van der Waals surface area contributed by atoms with Crippen LogP contribution in [0.4, 0.5) is 5.82 Å². The van der Waals surface area contributed by atoms with Crippen molar-refractivity contribution in [1.29, 1.82) is 0 Å². The van der Waals surface area contributed by atoms with Gasteiger partial charge >= 0.3 is 91.1 Å². The Morgan fingerprint density at radius 2 is 1.49 bits per heavy atom. The summed E-state index contributed by atoms with van der Waals surface area (Å²) in [6.07, 6.45) is 6.02. The molecule has 6 N–H and O–H groups in total. The number of anilines is 1. The van der Waals surface area contributed by atoms with Gasteiger partial charge in [-0.15, -0.1) is 0 Å². The maximum Gasteiger partial charge on any atom is 1.00 e. The third-order valence-electron chi connectivity index (χ3n) is 9.62. The van der Waals surface area contributed by atoms with E-state index in [1.165, 1.54) is 65.2 Å². The van der Waals surface area contributed by atoms with Crippen molar-refractivity contribution in [1.82, 2.24) is 19.5 Å². The van der Waals surface area contributed by atoms with Gasteiger partial charge in [0.25, 0.3) is 0 Å². The third-order valence-corrected chi connectivity index (χ3v) is 13.6. The average molecular weight is 1000 g/mol. The number of aliphatic imine (C=N–C) groups is 2. The summed E-state index contributed by atoms with van der Waals surface area (Å²) in [6.45, 7) is 2.30. The number of nitrogen functional groups attached to an aromatic ring is 1. The zero-order chi connectivity index (χ0) is 46.8. The molecule has 32 heteroatoms. The first-order valence-corrected chi connectivity index (χ1v) is 25.9. The van der Waals surface area contributed by atoms with Gasteiger partial charge in [-0.25, -0.2) is 24.1 Å². The van der Waals surface area contributed by atoms with Gasteiger partial charge in [0, 0.05) is 30.7 Å². The number of nitrogens with two attached hydrogens (primary N) is 1. The molecule has 3 heterocycles. The van der Waals surface area contributed by atoms with Crippen LogP contribution in [0.25, 0.3) is 11.2 Å². The quantitative estimate of drug-likeness (QED) is 0.0154. The van der Waals surface area contributed by atoms with Gasteiger partial charge in [-0.1, -0.05) is 96.7 Å². The summed E-state index contributed by atoms with van der Waals surface area (Å²) >= 11 is 1.11. The number of nitrogens with zero attached hydrogens (tertiary/aromatic N) is 6. The zero-order valence-electron chi connectivity index (χ0n) is 39.4. The van der Waals surface area contributed by atoms with E-state index in [4.69, 9.17) is 19.5 Å². The van der Waals surface area contributed by atoms with Crippen LogP contribution in [-0.2, 0) is 41.1 Å². The first-order chi connectivity index (χ1) is 29.6. The fourth-order valence-electron chi connectivity index (χ4n) is 6.19. The number of phosphoric acid groups is 3. The molecule has 0 saturated carbocycles. The summed E-state index contributed by atoms with van der Waals surface area (Å²) in [5.74, 6) is -1.42. The number of fused-ring (bicyclic) bond motifs is 1. The van der Waals surface area contributed by atoms with Crippen LogP contribution in [0.3, 0.4) is 0 Å². The Labute approximate surface area is 442 Å². The normalized spacial score (nSPS) is 20.1. The van der Waals surface area contributed by atoms with Crippen LogP contribution in [0, 0.1) is 5.41 Å². The summed E-state index contributed by atoms with van der Waals surface area (Å²) in [5.41, 5.74) is 4.15. The van der Waals surface area contributed by atoms with E-state index in [0.717, 1.165) is 48.2 Å². The first kappa shape index (κ1) is 69.0. The molecule has 1 fully saturated rings. The average Bonchev–Trinajstić information content (AvgIpc) is 3.76. The van der Waals surface area contributed by atoms with Crippen LogP contribution in [0.1, 0.15) is 110 Å². The zero-order valence-corrected chi connectivity index (χ0v) is 42.9. The van der Waals surface area contributed by atoms with Gasteiger partial charge in [0.05, 0.1) is 33.5 Å². The summed E-state index contributed by atoms with van der Waals surface area (Å²) in [4.78, 5) is 74.7. The molecule has 0 amide bonds. The molecule has 67 heavy (non-hydrogen) atoms. The second-order valence-corrected chi connectivity index (χ2v) is 20.7. The van der Waals surface area contributed by atoms with Gasteiger partial charge in [-0.05, 0) is 24.6 Å². The molecule has 1 saturated heterocycles. The van der Waals surface area contributed by atoms with Crippen LogP contribution >= 0.6 is 35.2 Å². The van der Waals surface area contributed by atoms with E-state index >= 15 is 0 Å². The standard InChI is InChI=1S/C35H62N7O17P3S.4Li/c1-4-5-6-7-8-9-10-11-12-13-14-15-26(44)63-19-18-37-25(43)16-17-38-33(47)30(46)35(2,3)21-56-62(53,54)59-61(51,52)55-20-24-29(58-60(48,49)50)28(45)34(57-24)42-23-41-27-31(36)39-22-40-32(27)42;;;;/h22-24,28-30,34,45-46H,4-21H2,1-3H3,(H,37,43)(H,38,47)(H,51,52)(H,53,54)(H2,36,39,40)(H2,48,49,50);;;;/q;4*+1/p-4/t24-,28-,29-,30+,34-;;;;/m1..../s1. The molecular formula is C35H58Li4N7O17P3S. The van der Waals surface area contributed by atoms with Gasteiger partial charge in [0.2, 0.25) is 0 Å². The van der Waals surface area contributed by atoms with Gasteiger partial charge in [-0.3, -0.25) is 18.4 Å². The molecule has 2 aromatic rings. The fraction of sp³-hybridized carbons (Fsp3) is 0.771. The molecule has 2 aromatic heterocycles. The third kappa shape index (κ3) is 25.4. The van der Waals surface area contributed by atoms with Crippen LogP contribution < -0.4 is 101 Å². The van der Waals surface area contributed by atoms with Crippen molar-refractivity contribution in [2.24, 2.45) is 15.4 Å². The molecule has 7 atom stereocenters. The Balaban J connectivity index is 0. The van der Waals surface area contributed by atoms with Gasteiger partial charge in [-0.2, -0.15) is 4.31 Å². The Morgan fingerprint density at radius 1 is 0.910 bits per heavy atom. The molecule has 1 aliphatic rings. The largest absolute Gasteiger partial charge is 1.00 e. The topological polar surface area (TPSA) is 382 Å². The minimum absolute atomic E-state index is 0. The van der Waals surface area contributed by atoms with E-state index in [0.29, 0.717) is 12.2 Å². The van der Waals surface area contributed by atoms with Crippen molar-refractivity contribution < 1.29 is 157 Å². The number of imidazole rings is 1. The number of unbranched alkanes of at least 4 members (excludes halogenated alkanes) is 10. The molecule has 0 bridgehead atoms. The summed E-state index contributed by atoms with van der Waals surface area (Å²) in [5, 5.41) is 46.2. The summed E-state index contributed by atoms with van der Waals surface area (Å²) in [6, 6.07) is 0. The van der Waals surface area contributed by atoms with Crippen molar-refractivity contribution in [3.05, 3.63) is 12.7 Å². The van der Waals surface area contributed by atoms with Crippen LogP contribution in [0.2, 0.25) is 0 Å². The second kappa shape index (κ2) is 33.6. The molecule has 0 aliphatic carbocycles. The van der Waals surface area contributed by atoms with Crippen LogP contribution in [0.5, 0.6) is 0 Å².